The predicted molar refractivity (Wildman–Crippen MR) is 96.3 cm³/mol. The van der Waals surface area contributed by atoms with E-state index >= 15 is 0 Å². The summed E-state index contributed by atoms with van der Waals surface area (Å²) < 4.78 is 9.58. The second-order valence-electron chi connectivity index (χ2n) is 6.89. The summed E-state index contributed by atoms with van der Waals surface area (Å²) in [5, 5.41) is 19.3. The number of aromatic nitrogens is 4. The van der Waals surface area contributed by atoms with Gasteiger partial charge < -0.3 is 9.52 Å². The summed E-state index contributed by atoms with van der Waals surface area (Å²) in [6.45, 7) is 5.49. The van der Waals surface area contributed by atoms with Gasteiger partial charge >= 0.3 is 0 Å². The topological polar surface area (TPSA) is 72.2 Å². The Morgan fingerprint density at radius 2 is 2.08 bits per heavy atom. The van der Waals surface area contributed by atoms with Gasteiger partial charge in [-0.1, -0.05) is 6.92 Å². The number of hydrogen-bond donors (Lipinski definition) is 1. The van der Waals surface area contributed by atoms with Crippen LogP contribution < -0.4 is 0 Å². The summed E-state index contributed by atoms with van der Waals surface area (Å²) in [5.74, 6) is 2.07. The molecule has 7 nitrogen and oxygen atoms in total. The molecular formula is C19H25N5O2. The maximum Gasteiger partial charge on any atom is 0.139 e. The van der Waals surface area contributed by atoms with E-state index in [1.165, 1.54) is 0 Å². The molecule has 0 aromatic carbocycles. The van der Waals surface area contributed by atoms with Gasteiger partial charge in [-0.2, -0.15) is 10.2 Å². The van der Waals surface area contributed by atoms with Crippen LogP contribution in [0.3, 0.4) is 0 Å². The molecule has 1 atom stereocenters. The quantitative estimate of drug-likeness (QED) is 0.734. The van der Waals surface area contributed by atoms with E-state index in [-0.39, 0.29) is 0 Å². The lowest BCUT2D eigenvalue weighted by Crippen LogP contribution is -2.33. The van der Waals surface area contributed by atoms with Crippen molar-refractivity contribution >= 4 is 0 Å². The summed E-state index contributed by atoms with van der Waals surface area (Å²) in [5.41, 5.74) is 2.54. The van der Waals surface area contributed by atoms with E-state index < -0.39 is 6.10 Å². The lowest BCUT2D eigenvalue weighted by Gasteiger charge is -2.26. The minimum absolute atomic E-state index is 0.675. The van der Waals surface area contributed by atoms with E-state index in [4.69, 9.17) is 4.42 Å². The average Bonchev–Trinajstić information content (AvgIpc) is 3.34. The van der Waals surface area contributed by atoms with Gasteiger partial charge in [0.15, 0.2) is 0 Å². The van der Waals surface area contributed by atoms with Crippen LogP contribution in [0.1, 0.15) is 48.1 Å². The SMILES string of the molecule is CCCc1ccc(CN2CCn3nc(C(O)c4ccnn4C)cc3C2)o1. The molecule has 138 valence electrons. The Morgan fingerprint density at radius 3 is 2.85 bits per heavy atom. The molecule has 1 N–H and O–H groups in total. The number of rotatable bonds is 6. The second kappa shape index (κ2) is 7.09. The molecule has 0 saturated heterocycles. The standard InChI is InChI=1S/C19H25N5O2/c1-3-4-15-5-6-16(26-15)13-23-9-10-24-14(12-23)11-17(21-24)19(25)18-7-8-20-22(18)2/h5-8,11,19,25H,3-4,9-10,12-13H2,1-2H3. The van der Waals surface area contributed by atoms with Crippen LogP contribution in [0.2, 0.25) is 0 Å². The Labute approximate surface area is 152 Å². The van der Waals surface area contributed by atoms with Gasteiger partial charge in [0.2, 0.25) is 0 Å². The van der Waals surface area contributed by atoms with Gasteiger partial charge in [0.25, 0.3) is 0 Å². The summed E-state index contributed by atoms with van der Waals surface area (Å²) in [6, 6.07) is 7.97. The van der Waals surface area contributed by atoms with Crippen molar-refractivity contribution < 1.29 is 9.52 Å². The lowest BCUT2D eigenvalue weighted by molar-refractivity contribution is 0.186. The zero-order valence-corrected chi connectivity index (χ0v) is 15.3. The van der Waals surface area contributed by atoms with E-state index in [1.807, 2.05) is 23.9 Å². The van der Waals surface area contributed by atoms with Gasteiger partial charge in [0, 0.05) is 32.8 Å². The van der Waals surface area contributed by atoms with E-state index in [2.05, 4.69) is 34.2 Å². The van der Waals surface area contributed by atoms with Gasteiger partial charge in [-0.25, -0.2) is 0 Å². The first-order valence-corrected chi connectivity index (χ1v) is 9.16. The minimum atomic E-state index is -0.754. The highest BCUT2D eigenvalue weighted by Gasteiger charge is 2.23. The van der Waals surface area contributed by atoms with Crippen molar-refractivity contribution in [3.05, 3.63) is 59.1 Å². The molecule has 0 fully saturated rings. The number of hydrogen-bond acceptors (Lipinski definition) is 5. The lowest BCUT2D eigenvalue weighted by atomic mass is 10.1. The molecule has 3 aromatic heterocycles. The van der Waals surface area contributed by atoms with E-state index in [1.54, 1.807) is 10.9 Å². The van der Waals surface area contributed by atoms with Gasteiger partial charge in [0.05, 0.1) is 30.2 Å². The molecule has 0 aliphatic carbocycles. The van der Waals surface area contributed by atoms with E-state index in [9.17, 15) is 5.11 Å². The smallest absolute Gasteiger partial charge is 0.139 e. The van der Waals surface area contributed by atoms with Gasteiger partial charge in [-0.15, -0.1) is 0 Å². The highest BCUT2D eigenvalue weighted by atomic mass is 16.3. The summed E-state index contributed by atoms with van der Waals surface area (Å²) in [6.07, 6.45) is 3.02. The fraction of sp³-hybridized carbons (Fsp3) is 0.474. The fourth-order valence-corrected chi connectivity index (χ4v) is 3.52. The summed E-state index contributed by atoms with van der Waals surface area (Å²) in [7, 11) is 1.83. The third-order valence-electron chi connectivity index (χ3n) is 4.91. The first-order chi connectivity index (χ1) is 12.6. The minimum Gasteiger partial charge on any atom is -0.465 e. The Balaban J connectivity index is 1.45. The van der Waals surface area contributed by atoms with Crippen LogP contribution in [0.25, 0.3) is 0 Å². The van der Waals surface area contributed by atoms with E-state index in [0.29, 0.717) is 5.69 Å². The number of aryl methyl sites for hydroxylation is 2. The number of aliphatic hydroxyl groups excluding tert-OH is 1. The second-order valence-corrected chi connectivity index (χ2v) is 6.89. The molecule has 3 aromatic rings. The van der Waals surface area contributed by atoms with Crippen molar-refractivity contribution in [3.63, 3.8) is 0 Å². The zero-order valence-electron chi connectivity index (χ0n) is 15.3. The van der Waals surface area contributed by atoms with Crippen LogP contribution in [0.4, 0.5) is 0 Å². The summed E-state index contributed by atoms with van der Waals surface area (Å²) >= 11 is 0. The Kier molecular flexibility index (Phi) is 4.65. The Hall–Kier alpha value is -2.38. The molecule has 1 aliphatic rings. The molecule has 7 heteroatoms. The van der Waals surface area contributed by atoms with Crippen molar-refractivity contribution in [2.24, 2.45) is 7.05 Å². The van der Waals surface area contributed by atoms with Crippen LogP contribution in [0.15, 0.2) is 34.9 Å². The molecule has 4 rings (SSSR count). The van der Waals surface area contributed by atoms with Gasteiger partial charge in [0.1, 0.15) is 17.6 Å². The first kappa shape index (κ1) is 17.1. The third kappa shape index (κ3) is 3.32. The van der Waals surface area contributed by atoms with Crippen LogP contribution in [0, 0.1) is 0 Å². The maximum atomic E-state index is 10.6. The number of nitrogens with zero attached hydrogens (tertiary/aromatic N) is 5. The zero-order chi connectivity index (χ0) is 18.1. The fourth-order valence-electron chi connectivity index (χ4n) is 3.52. The molecule has 0 bridgehead atoms. The van der Waals surface area contributed by atoms with Crippen molar-refractivity contribution in [2.45, 2.75) is 45.5 Å². The van der Waals surface area contributed by atoms with Crippen molar-refractivity contribution in [2.75, 3.05) is 6.54 Å². The normalized spacial score (nSPS) is 16.0. The van der Waals surface area contributed by atoms with E-state index in [0.717, 1.165) is 61.9 Å². The molecule has 1 unspecified atom stereocenters. The van der Waals surface area contributed by atoms with Crippen LogP contribution in [-0.2, 0) is 33.1 Å². The van der Waals surface area contributed by atoms with Crippen molar-refractivity contribution in [1.82, 2.24) is 24.5 Å². The molecule has 0 radical (unpaired) electrons. The molecule has 0 spiro atoms. The predicted octanol–water partition coefficient (Wildman–Crippen LogP) is 2.26. The Morgan fingerprint density at radius 1 is 1.23 bits per heavy atom. The Bertz CT molecular complexity index is 878. The highest BCUT2D eigenvalue weighted by molar-refractivity contribution is 5.22. The van der Waals surface area contributed by atoms with Crippen LogP contribution >= 0.6 is 0 Å². The third-order valence-corrected chi connectivity index (χ3v) is 4.91. The maximum absolute atomic E-state index is 10.6. The molecular weight excluding hydrogens is 330 g/mol. The monoisotopic (exact) mass is 355 g/mol. The number of fused-ring (bicyclic) bond motifs is 1. The van der Waals surface area contributed by atoms with Crippen molar-refractivity contribution in [1.29, 1.82) is 0 Å². The highest BCUT2D eigenvalue weighted by Crippen LogP contribution is 2.24. The molecule has 0 amide bonds. The van der Waals surface area contributed by atoms with Gasteiger partial charge in [-0.05, 0) is 30.7 Å². The largest absolute Gasteiger partial charge is 0.465 e. The molecule has 26 heavy (non-hydrogen) atoms. The van der Waals surface area contributed by atoms with Crippen LogP contribution in [-0.4, -0.2) is 36.1 Å². The van der Waals surface area contributed by atoms with Crippen LogP contribution in [0.5, 0.6) is 0 Å². The average molecular weight is 355 g/mol. The summed E-state index contributed by atoms with van der Waals surface area (Å²) in [4.78, 5) is 2.35. The number of aliphatic hydroxyl groups is 1. The van der Waals surface area contributed by atoms with Crippen molar-refractivity contribution in [3.8, 4) is 0 Å². The van der Waals surface area contributed by atoms with Gasteiger partial charge in [-0.3, -0.25) is 14.3 Å². The molecule has 0 saturated carbocycles. The molecule has 1 aliphatic heterocycles. The molecule has 4 heterocycles. The number of furan rings is 1. The first-order valence-electron chi connectivity index (χ1n) is 9.16.